The van der Waals surface area contributed by atoms with E-state index in [0.29, 0.717) is 11.7 Å². The molecular weight excluding hydrogens is 282 g/mol. The minimum atomic E-state index is -3.44. The van der Waals surface area contributed by atoms with Crippen molar-refractivity contribution in [3.8, 4) is 0 Å². The summed E-state index contributed by atoms with van der Waals surface area (Å²) in [5.74, 6) is 1.07. The number of nitrogens with one attached hydrogen (secondary N) is 2. The van der Waals surface area contributed by atoms with Crippen LogP contribution in [0.3, 0.4) is 0 Å². The minimum Gasteiger partial charge on any atom is -0.397 e. The molecule has 108 valence electrons. The Labute approximate surface area is 119 Å². The molecule has 1 unspecified atom stereocenters. The van der Waals surface area contributed by atoms with Gasteiger partial charge < -0.3 is 11.1 Å². The van der Waals surface area contributed by atoms with Crippen molar-refractivity contribution in [1.29, 1.82) is 0 Å². The number of hydrogen-bond donors (Lipinski definition) is 3. The quantitative estimate of drug-likeness (QED) is 0.668. The predicted molar refractivity (Wildman–Crippen MR) is 83.2 cm³/mol. The molecule has 0 heterocycles. The number of nitrogen functional groups attached to an aromatic ring is 1. The molecule has 0 fully saturated rings. The molecule has 0 aromatic heterocycles. The first-order chi connectivity index (χ1) is 8.90. The highest BCUT2D eigenvalue weighted by Gasteiger charge is 2.13. The van der Waals surface area contributed by atoms with E-state index in [-0.39, 0.29) is 4.90 Å². The third-order valence-electron chi connectivity index (χ3n) is 2.76. The first-order valence-corrected chi connectivity index (χ1v) is 8.87. The van der Waals surface area contributed by atoms with E-state index in [4.69, 9.17) is 5.73 Å². The van der Waals surface area contributed by atoms with Crippen molar-refractivity contribution in [2.24, 2.45) is 0 Å². The summed E-state index contributed by atoms with van der Waals surface area (Å²) in [7, 11) is -2.06. The zero-order valence-corrected chi connectivity index (χ0v) is 13.1. The molecule has 1 aromatic rings. The number of sulfonamides is 1. The van der Waals surface area contributed by atoms with E-state index < -0.39 is 10.0 Å². The van der Waals surface area contributed by atoms with Crippen LogP contribution in [0.5, 0.6) is 0 Å². The summed E-state index contributed by atoms with van der Waals surface area (Å²) in [4.78, 5) is 0.176. The van der Waals surface area contributed by atoms with Crippen LogP contribution in [0.15, 0.2) is 23.1 Å². The first-order valence-electron chi connectivity index (χ1n) is 5.99. The number of rotatable bonds is 7. The highest BCUT2D eigenvalue weighted by Crippen LogP contribution is 2.23. The molecule has 1 atom stereocenters. The van der Waals surface area contributed by atoms with Gasteiger partial charge >= 0.3 is 0 Å². The van der Waals surface area contributed by atoms with Crippen molar-refractivity contribution in [1.82, 2.24) is 4.72 Å². The number of nitrogens with two attached hydrogens (primary N) is 1. The van der Waals surface area contributed by atoms with Gasteiger partial charge in [-0.05, 0) is 50.6 Å². The van der Waals surface area contributed by atoms with Gasteiger partial charge in [0.25, 0.3) is 0 Å². The second kappa shape index (κ2) is 7.02. The van der Waals surface area contributed by atoms with Gasteiger partial charge in [0.1, 0.15) is 0 Å². The minimum absolute atomic E-state index is 0.176. The van der Waals surface area contributed by atoms with Crippen molar-refractivity contribution >= 4 is 33.2 Å². The van der Waals surface area contributed by atoms with Crippen LogP contribution in [-0.2, 0) is 10.0 Å². The summed E-state index contributed by atoms with van der Waals surface area (Å²) in [6.45, 7) is 2.08. The number of anilines is 2. The Morgan fingerprint density at radius 1 is 1.42 bits per heavy atom. The standard InChI is InChI=1S/C12H21N3O2S2/c1-9(6-7-18-3)15-12-5-4-10(8-11(12)13)19(16,17)14-2/h4-5,8-9,14-15H,6-7,13H2,1-3H3. The molecule has 0 spiro atoms. The highest BCUT2D eigenvalue weighted by atomic mass is 32.2. The Morgan fingerprint density at radius 2 is 2.11 bits per heavy atom. The van der Waals surface area contributed by atoms with E-state index in [1.165, 1.54) is 13.1 Å². The average molecular weight is 303 g/mol. The van der Waals surface area contributed by atoms with Crippen LogP contribution in [-0.4, -0.2) is 33.5 Å². The average Bonchev–Trinajstić information content (AvgIpc) is 2.38. The Balaban J connectivity index is 2.84. The molecule has 0 aliphatic rings. The maximum atomic E-state index is 11.6. The van der Waals surface area contributed by atoms with Gasteiger partial charge in [0.05, 0.1) is 16.3 Å². The second-order valence-electron chi connectivity index (χ2n) is 4.28. The molecule has 19 heavy (non-hydrogen) atoms. The van der Waals surface area contributed by atoms with Crippen LogP contribution in [0.2, 0.25) is 0 Å². The lowest BCUT2D eigenvalue weighted by molar-refractivity contribution is 0.588. The van der Waals surface area contributed by atoms with Crippen LogP contribution in [0.4, 0.5) is 11.4 Å². The Morgan fingerprint density at radius 3 is 2.63 bits per heavy atom. The van der Waals surface area contributed by atoms with Crippen LogP contribution < -0.4 is 15.8 Å². The van der Waals surface area contributed by atoms with Gasteiger partial charge in [0, 0.05) is 6.04 Å². The van der Waals surface area contributed by atoms with E-state index in [9.17, 15) is 8.42 Å². The molecule has 0 amide bonds. The fraction of sp³-hybridized carbons (Fsp3) is 0.500. The van der Waals surface area contributed by atoms with Gasteiger partial charge in [0.15, 0.2) is 0 Å². The van der Waals surface area contributed by atoms with Gasteiger partial charge in [-0.25, -0.2) is 13.1 Å². The molecule has 7 heteroatoms. The Hall–Kier alpha value is -0.920. The van der Waals surface area contributed by atoms with Crippen molar-refractivity contribution < 1.29 is 8.42 Å². The van der Waals surface area contributed by atoms with E-state index in [0.717, 1.165) is 17.9 Å². The second-order valence-corrected chi connectivity index (χ2v) is 7.16. The maximum Gasteiger partial charge on any atom is 0.240 e. The lowest BCUT2D eigenvalue weighted by Crippen LogP contribution is -2.20. The smallest absolute Gasteiger partial charge is 0.240 e. The number of benzene rings is 1. The summed E-state index contributed by atoms with van der Waals surface area (Å²) in [6.07, 6.45) is 3.09. The van der Waals surface area contributed by atoms with Gasteiger partial charge in [-0.1, -0.05) is 0 Å². The SMILES string of the molecule is CNS(=O)(=O)c1ccc(NC(C)CCSC)c(N)c1. The summed E-state index contributed by atoms with van der Waals surface area (Å²) < 4.78 is 25.5. The van der Waals surface area contributed by atoms with E-state index >= 15 is 0 Å². The summed E-state index contributed by atoms with van der Waals surface area (Å²) in [5, 5.41) is 3.29. The molecule has 0 saturated heterocycles. The predicted octanol–water partition coefficient (Wildman–Crippen LogP) is 1.73. The van der Waals surface area contributed by atoms with Crippen LogP contribution in [0, 0.1) is 0 Å². The van der Waals surface area contributed by atoms with Crippen molar-refractivity contribution in [2.75, 3.05) is 30.1 Å². The lowest BCUT2D eigenvalue weighted by Gasteiger charge is -2.17. The zero-order chi connectivity index (χ0) is 14.5. The van der Waals surface area contributed by atoms with E-state index in [2.05, 4.69) is 23.2 Å². The molecule has 0 aliphatic carbocycles. The third kappa shape index (κ3) is 4.59. The van der Waals surface area contributed by atoms with E-state index in [1.54, 1.807) is 23.9 Å². The van der Waals surface area contributed by atoms with Crippen LogP contribution in [0.25, 0.3) is 0 Å². The molecule has 0 saturated carbocycles. The van der Waals surface area contributed by atoms with Gasteiger partial charge in [0.2, 0.25) is 10.0 Å². The van der Waals surface area contributed by atoms with Gasteiger partial charge in [-0.15, -0.1) is 0 Å². The zero-order valence-electron chi connectivity index (χ0n) is 11.4. The molecule has 1 rings (SSSR count). The third-order valence-corrected chi connectivity index (χ3v) is 4.81. The van der Waals surface area contributed by atoms with Gasteiger partial charge in [-0.2, -0.15) is 11.8 Å². The number of thioether (sulfide) groups is 1. The normalized spacial score (nSPS) is 13.2. The largest absolute Gasteiger partial charge is 0.397 e. The van der Waals surface area contributed by atoms with Crippen molar-refractivity contribution in [3.05, 3.63) is 18.2 Å². The fourth-order valence-corrected chi connectivity index (χ4v) is 2.94. The van der Waals surface area contributed by atoms with Crippen molar-refractivity contribution in [2.45, 2.75) is 24.3 Å². The topological polar surface area (TPSA) is 84.2 Å². The first kappa shape index (κ1) is 16.1. The monoisotopic (exact) mass is 303 g/mol. The highest BCUT2D eigenvalue weighted by molar-refractivity contribution is 7.98. The molecule has 1 aromatic carbocycles. The molecule has 4 N–H and O–H groups in total. The fourth-order valence-electron chi connectivity index (χ4n) is 1.59. The van der Waals surface area contributed by atoms with E-state index in [1.807, 2.05) is 0 Å². The van der Waals surface area contributed by atoms with Crippen LogP contribution in [0.1, 0.15) is 13.3 Å². The lowest BCUT2D eigenvalue weighted by atomic mass is 10.2. The molecular formula is C12H21N3O2S2. The molecule has 0 aliphatic heterocycles. The Kier molecular flexibility index (Phi) is 5.96. The molecule has 5 nitrogen and oxygen atoms in total. The van der Waals surface area contributed by atoms with Crippen LogP contribution >= 0.6 is 11.8 Å². The maximum absolute atomic E-state index is 11.6. The number of hydrogen-bond acceptors (Lipinski definition) is 5. The van der Waals surface area contributed by atoms with Crippen molar-refractivity contribution in [3.63, 3.8) is 0 Å². The molecule has 0 radical (unpaired) electrons. The van der Waals surface area contributed by atoms with Gasteiger partial charge in [-0.3, -0.25) is 0 Å². The summed E-state index contributed by atoms with van der Waals surface area (Å²) in [6, 6.07) is 5.01. The summed E-state index contributed by atoms with van der Waals surface area (Å²) >= 11 is 1.79. The summed E-state index contributed by atoms with van der Waals surface area (Å²) in [5.41, 5.74) is 7.09. The Bertz CT molecular complexity index is 518. The molecule has 0 bridgehead atoms.